The number of halogens is 1. The van der Waals surface area contributed by atoms with Gasteiger partial charge in [-0.2, -0.15) is 0 Å². The maximum absolute atomic E-state index is 12.9. The van der Waals surface area contributed by atoms with Crippen molar-refractivity contribution in [2.24, 2.45) is 5.92 Å². The number of rotatable bonds is 6. The highest BCUT2D eigenvalue weighted by Crippen LogP contribution is 2.20. The van der Waals surface area contributed by atoms with Gasteiger partial charge in [0, 0.05) is 31.7 Å². The van der Waals surface area contributed by atoms with Crippen LogP contribution in [-0.2, 0) is 16.1 Å². The van der Waals surface area contributed by atoms with Crippen LogP contribution in [-0.4, -0.2) is 48.5 Å². The van der Waals surface area contributed by atoms with Crippen molar-refractivity contribution in [2.75, 3.05) is 31.6 Å². The fraction of sp³-hybridized carbons (Fsp3) is 0.400. The zero-order valence-corrected chi connectivity index (χ0v) is 16.2. The van der Waals surface area contributed by atoms with Gasteiger partial charge in [-0.25, -0.2) is 14.4 Å². The van der Waals surface area contributed by atoms with Crippen LogP contribution >= 0.6 is 0 Å². The SMILES string of the molecule is COc1ccccc1CNC(=O)C(=O)NCC1CCN(c2ncc(F)cn2)CC1. The van der Waals surface area contributed by atoms with Gasteiger partial charge < -0.3 is 20.3 Å². The molecule has 1 aromatic heterocycles. The van der Waals surface area contributed by atoms with Crippen molar-refractivity contribution >= 4 is 17.8 Å². The lowest BCUT2D eigenvalue weighted by Crippen LogP contribution is -2.44. The molecule has 3 rings (SSSR count). The molecule has 0 bridgehead atoms. The van der Waals surface area contributed by atoms with E-state index in [0.717, 1.165) is 30.8 Å². The molecule has 2 aromatic rings. The molecule has 0 saturated carbocycles. The average molecular weight is 401 g/mol. The Morgan fingerprint density at radius 1 is 1.14 bits per heavy atom. The van der Waals surface area contributed by atoms with Crippen molar-refractivity contribution in [3.63, 3.8) is 0 Å². The summed E-state index contributed by atoms with van der Waals surface area (Å²) in [6, 6.07) is 7.30. The summed E-state index contributed by atoms with van der Waals surface area (Å²) in [5, 5.41) is 5.31. The van der Waals surface area contributed by atoms with E-state index in [9.17, 15) is 14.0 Å². The number of methoxy groups -OCH3 is 1. The van der Waals surface area contributed by atoms with Gasteiger partial charge in [0.25, 0.3) is 0 Å². The van der Waals surface area contributed by atoms with E-state index in [2.05, 4.69) is 20.6 Å². The van der Waals surface area contributed by atoms with Crippen LogP contribution in [0.1, 0.15) is 18.4 Å². The second-order valence-electron chi connectivity index (χ2n) is 6.84. The summed E-state index contributed by atoms with van der Waals surface area (Å²) in [5.41, 5.74) is 0.798. The Bertz CT molecular complexity index is 838. The molecule has 0 atom stereocenters. The number of piperidine rings is 1. The lowest BCUT2D eigenvalue weighted by molar-refractivity contribution is -0.139. The van der Waals surface area contributed by atoms with Gasteiger partial charge in [-0.3, -0.25) is 9.59 Å². The van der Waals surface area contributed by atoms with Crippen molar-refractivity contribution in [1.29, 1.82) is 0 Å². The molecule has 1 aromatic carbocycles. The number of benzene rings is 1. The van der Waals surface area contributed by atoms with Gasteiger partial charge in [-0.1, -0.05) is 18.2 Å². The van der Waals surface area contributed by atoms with Crippen LogP contribution in [0.3, 0.4) is 0 Å². The van der Waals surface area contributed by atoms with Crippen molar-refractivity contribution in [3.05, 3.63) is 48.0 Å². The molecule has 0 aliphatic carbocycles. The van der Waals surface area contributed by atoms with E-state index in [1.807, 2.05) is 23.1 Å². The molecule has 29 heavy (non-hydrogen) atoms. The molecule has 2 amide bonds. The fourth-order valence-electron chi connectivity index (χ4n) is 3.23. The molecule has 154 valence electrons. The molecule has 0 radical (unpaired) electrons. The van der Waals surface area contributed by atoms with Crippen LogP contribution in [0, 0.1) is 11.7 Å². The molecule has 8 nitrogen and oxygen atoms in total. The maximum atomic E-state index is 12.9. The lowest BCUT2D eigenvalue weighted by Gasteiger charge is -2.31. The topological polar surface area (TPSA) is 96.4 Å². The molecule has 1 aliphatic rings. The van der Waals surface area contributed by atoms with E-state index >= 15 is 0 Å². The van der Waals surface area contributed by atoms with Crippen LogP contribution < -0.4 is 20.3 Å². The van der Waals surface area contributed by atoms with Crippen LogP contribution in [0.25, 0.3) is 0 Å². The van der Waals surface area contributed by atoms with E-state index in [0.29, 0.717) is 31.3 Å². The predicted molar refractivity (Wildman–Crippen MR) is 105 cm³/mol. The average Bonchev–Trinajstić information content (AvgIpc) is 2.77. The van der Waals surface area contributed by atoms with Gasteiger partial charge in [0.2, 0.25) is 5.95 Å². The number of nitrogens with zero attached hydrogens (tertiary/aromatic N) is 3. The van der Waals surface area contributed by atoms with Gasteiger partial charge in [-0.15, -0.1) is 0 Å². The van der Waals surface area contributed by atoms with E-state index in [1.54, 1.807) is 13.2 Å². The monoisotopic (exact) mass is 401 g/mol. The maximum Gasteiger partial charge on any atom is 0.309 e. The smallest absolute Gasteiger partial charge is 0.309 e. The van der Waals surface area contributed by atoms with Crippen molar-refractivity contribution in [1.82, 2.24) is 20.6 Å². The Hall–Kier alpha value is -3.23. The third-order valence-corrected chi connectivity index (χ3v) is 4.89. The summed E-state index contributed by atoms with van der Waals surface area (Å²) >= 11 is 0. The van der Waals surface area contributed by atoms with E-state index in [1.165, 1.54) is 0 Å². The molecule has 1 saturated heterocycles. The van der Waals surface area contributed by atoms with Crippen molar-refractivity contribution in [2.45, 2.75) is 19.4 Å². The highest BCUT2D eigenvalue weighted by molar-refractivity contribution is 6.35. The third-order valence-electron chi connectivity index (χ3n) is 4.89. The second-order valence-corrected chi connectivity index (χ2v) is 6.84. The van der Waals surface area contributed by atoms with Crippen LogP contribution in [0.5, 0.6) is 5.75 Å². The Morgan fingerprint density at radius 2 is 1.79 bits per heavy atom. The van der Waals surface area contributed by atoms with Gasteiger partial charge in [0.05, 0.1) is 19.5 Å². The minimum Gasteiger partial charge on any atom is -0.496 e. The first-order valence-corrected chi connectivity index (χ1v) is 9.47. The Labute approximate surface area is 168 Å². The number of aromatic nitrogens is 2. The van der Waals surface area contributed by atoms with Crippen molar-refractivity contribution < 1.29 is 18.7 Å². The largest absolute Gasteiger partial charge is 0.496 e. The summed E-state index contributed by atoms with van der Waals surface area (Å²) in [7, 11) is 1.56. The molecule has 0 spiro atoms. The van der Waals surface area contributed by atoms with Crippen LogP contribution in [0.15, 0.2) is 36.7 Å². The minimum atomic E-state index is -0.673. The minimum absolute atomic E-state index is 0.215. The van der Waals surface area contributed by atoms with Gasteiger partial charge in [0.15, 0.2) is 5.82 Å². The summed E-state index contributed by atoms with van der Waals surface area (Å²) in [4.78, 5) is 34.1. The molecule has 1 fully saturated rings. The van der Waals surface area contributed by atoms with E-state index in [4.69, 9.17) is 4.74 Å². The number of hydrogen-bond donors (Lipinski definition) is 2. The number of nitrogens with one attached hydrogen (secondary N) is 2. The normalized spacial score (nSPS) is 14.3. The van der Waals surface area contributed by atoms with Crippen molar-refractivity contribution in [3.8, 4) is 5.75 Å². The number of carbonyl (C=O) groups excluding carboxylic acids is 2. The highest BCUT2D eigenvalue weighted by atomic mass is 19.1. The first-order valence-electron chi connectivity index (χ1n) is 9.47. The van der Waals surface area contributed by atoms with Gasteiger partial charge in [-0.05, 0) is 24.8 Å². The number of ether oxygens (including phenoxy) is 1. The number of anilines is 1. The highest BCUT2D eigenvalue weighted by Gasteiger charge is 2.22. The third kappa shape index (κ3) is 5.63. The first kappa shape index (κ1) is 20.5. The fourth-order valence-corrected chi connectivity index (χ4v) is 3.23. The number of hydrogen-bond acceptors (Lipinski definition) is 6. The quantitative estimate of drug-likeness (QED) is 0.708. The van der Waals surface area contributed by atoms with Crippen LogP contribution in [0.2, 0.25) is 0 Å². The lowest BCUT2D eigenvalue weighted by atomic mass is 9.97. The summed E-state index contributed by atoms with van der Waals surface area (Å²) in [6.45, 7) is 2.07. The second kappa shape index (κ2) is 9.81. The molecule has 1 aliphatic heterocycles. The van der Waals surface area contributed by atoms with Gasteiger partial charge in [0.1, 0.15) is 5.75 Å². The Balaban J connectivity index is 1.39. The number of para-hydroxylation sites is 1. The van der Waals surface area contributed by atoms with Gasteiger partial charge >= 0.3 is 11.8 Å². The summed E-state index contributed by atoms with van der Waals surface area (Å²) in [6.07, 6.45) is 3.95. The molecule has 9 heteroatoms. The molecular weight excluding hydrogens is 377 g/mol. The standard InChI is InChI=1S/C20H24FN5O3/c1-29-17-5-3-2-4-15(17)11-23-19(28)18(27)22-10-14-6-8-26(9-7-14)20-24-12-16(21)13-25-20/h2-5,12-14H,6-11H2,1H3,(H,22,27)(H,23,28). The number of carbonyl (C=O) groups is 2. The zero-order chi connectivity index (χ0) is 20.6. The summed E-state index contributed by atoms with van der Waals surface area (Å²) in [5.74, 6) is -0.361. The molecule has 2 N–H and O–H groups in total. The molecular formula is C20H24FN5O3. The molecule has 2 heterocycles. The zero-order valence-electron chi connectivity index (χ0n) is 16.2. The Morgan fingerprint density at radius 3 is 2.48 bits per heavy atom. The first-order chi connectivity index (χ1) is 14.1. The van der Waals surface area contributed by atoms with E-state index in [-0.39, 0.29) is 12.5 Å². The number of amides is 2. The van der Waals surface area contributed by atoms with E-state index < -0.39 is 17.6 Å². The molecule has 0 unspecified atom stereocenters. The predicted octanol–water partition coefficient (Wildman–Crippen LogP) is 1.27. The Kier molecular flexibility index (Phi) is 6.94. The summed E-state index contributed by atoms with van der Waals surface area (Å²) < 4.78 is 18.2. The van der Waals surface area contributed by atoms with Crippen LogP contribution in [0.4, 0.5) is 10.3 Å².